The van der Waals surface area contributed by atoms with Crippen LogP contribution in [-0.2, 0) is 4.79 Å². The molecule has 0 saturated carbocycles. The van der Waals surface area contributed by atoms with Crippen molar-refractivity contribution in [1.82, 2.24) is 9.80 Å². The summed E-state index contributed by atoms with van der Waals surface area (Å²) in [6.07, 6.45) is 10.3. The zero-order chi connectivity index (χ0) is 18.1. The van der Waals surface area contributed by atoms with Crippen LogP contribution in [0.4, 0.5) is 0 Å². The van der Waals surface area contributed by atoms with E-state index in [0.717, 1.165) is 25.0 Å². The molecule has 4 heteroatoms. The molecule has 4 rings (SSSR count). The molecule has 2 saturated heterocycles. The Kier molecular flexibility index (Phi) is 5.57. The third kappa shape index (κ3) is 3.86. The molecule has 153 valence electrons. The number of carbonyl (C=O) groups excluding carboxylic acids is 1. The Bertz CT molecular complexity index is 768. The van der Waals surface area contributed by atoms with E-state index in [-0.39, 0.29) is 0 Å². The van der Waals surface area contributed by atoms with Crippen molar-refractivity contribution in [3.05, 3.63) is 52.6 Å². The molecule has 0 amide bonds. The average molecular weight is 613 g/mol. The summed E-state index contributed by atoms with van der Waals surface area (Å²) in [5.74, 6) is 0.328. The predicted octanol–water partition coefficient (Wildman–Crippen LogP) is 4.10. The van der Waals surface area contributed by atoms with Gasteiger partial charge in [-0.05, 0) is 74.8 Å². The van der Waals surface area contributed by atoms with Gasteiger partial charge < -0.3 is 0 Å². The quantitative estimate of drug-likeness (QED) is 0.512. The smallest absolute Gasteiger partial charge is 0.172 e. The van der Waals surface area contributed by atoms with Gasteiger partial charge in [0.25, 0.3) is 0 Å². The minimum absolute atomic E-state index is 0. The summed E-state index contributed by atoms with van der Waals surface area (Å²) < 4.78 is 0. The third-order valence-corrected chi connectivity index (χ3v) is 6.22. The van der Waals surface area contributed by atoms with E-state index in [0.29, 0.717) is 18.5 Å². The van der Waals surface area contributed by atoms with Crippen LogP contribution in [-0.4, -0.2) is 47.9 Å². The van der Waals surface area contributed by atoms with Gasteiger partial charge in [-0.15, -0.1) is 0 Å². The van der Waals surface area contributed by atoms with Crippen molar-refractivity contribution >= 4 is 11.4 Å². The van der Waals surface area contributed by atoms with E-state index in [1.54, 1.807) is 0 Å². The van der Waals surface area contributed by atoms with Crippen LogP contribution in [0.3, 0.4) is 0 Å². The first-order chi connectivity index (χ1) is 12.6. The van der Waals surface area contributed by atoms with Crippen LogP contribution in [0.25, 0.3) is 5.57 Å². The largest absolute Gasteiger partial charge is 0.293 e. The number of carbonyl (C=O) groups is 1. The molecule has 1 atom stereocenters. The molecule has 2 fully saturated rings. The summed E-state index contributed by atoms with van der Waals surface area (Å²) in [5.41, 5.74) is 6.33. The number of hydrogen-bond acceptors (Lipinski definition) is 3. The van der Waals surface area contributed by atoms with E-state index in [4.69, 9.17) is 0 Å². The number of ketones is 1. The summed E-state index contributed by atoms with van der Waals surface area (Å²) in [6, 6.07) is 6.64. The Morgan fingerprint density at radius 1 is 1.07 bits per heavy atom. The number of fused-ring (bicyclic) bond motifs is 1. The predicted molar refractivity (Wildman–Crippen MR) is 107 cm³/mol. The van der Waals surface area contributed by atoms with Gasteiger partial charge in [0.15, 0.2) is 5.78 Å². The van der Waals surface area contributed by atoms with Crippen molar-refractivity contribution < 1.29 is 4.79 Å². The van der Waals surface area contributed by atoms with Crippen LogP contribution in [0.15, 0.2) is 35.9 Å². The summed E-state index contributed by atoms with van der Waals surface area (Å²) in [5, 5.41) is 0. The molecule has 3 aliphatic rings. The molecule has 2 aliphatic heterocycles. The van der Waals surface area contributed by atoms with Crippen molar-refractivity contribution in [3.8, 4) is 0 Å². The average Bonchev–Trinajstić information content (AvgIpc) is 3.12. The normalized spacial score (nSPS) is 23.3. The molecule has 1 aliphatic carbocycles. The topological polar surface area (TPSA) is 23.6 Å². The van der Waals surface area contributed by atoms with Crippen LogP contribution in [0.5, 0.6) is 0 Å². The molecular formula is C23H30LrN2O. The maximum Gasteiger partial charge on any atom is 0.172 e. The number of allylic oxidation sites excluding steroid dienone is 3. The molecule has 1 aromatic carbocycles. The van der Waals surface area contributed by atoms with Gasteiger partial charge in [-0.1, -0.05) is 35.9 Å². The Morgan fingerprint density at radius 2 is 1.89 bits per heavy atom. The SMILES string of the molecule is Cc1ccc(C2=CC=C(C(=O)CN3CCCN4CCCC43)CC2)c(C)c1.[Lr]. The minimum Gasteiger partial charge on any atom is -0.293 e. The fourth-order valence-electron chi connectivity index (χ4n) is 4.85. The molecule has 1 unspecified atom stereocenters. The Labute approximate surface area is 157 Å². The summed E-state index contributed by atoms with van der Waals surface area (Å²) in [4.78, 5) is 17.8. The molecular weight excluding hydrogens is 582 g/mol. The van der Waals surface area contributed by atoms with Crippen LogP contribution in [0.1, 0.15) is 48.8 Å². The molecule has 0 aromatic heterocycles. The third-order valence-electron chi connectivity index (χ3n) is 6.22. The second-order valence-corrected chi connectivity index (χ2v) is 8.11. The van der Waals surface area contributed by atoms with Gasteiger partial charge in [0.05, 0.1) is 12.7 Å². The first kappa shape index (κ1) is 19.1. The van der Waals surface area contributed by atoms with Gasteiger partial charge in [0.1, 0.15) is 0 Å². The molecule has 3 nitrogen and oxygen atoms in total. The van der Waals surface area contributed by atoms with Gasteiger partial charge in [0, 0.05) is 13.1 Å². The van der Waals surface area contributed by atoms with Crippen molar-refractivity contribution in [3.63, 3.8) is 0 Å². The van der Waals surface area contributed by atoms with E-state index in [2.05, 4.69) is 54.0 Å². The van der Waals surface area contributed by atoms with Crippen LogP contribution >= 0.6 is 0 Å². The molecule has 2 heterocycles. The number of nitrogens with zero attached hydrogens (tertiary/aromatic N) is 2. The Balaban J connectivity index is 0.00000210. The second-order valence-electron chi connectivity index (χ2n) is 8.11. The number of hydrogen-bond donors (Lipinski definition) is 0. The summed E-state index contributed by atoms with van der Waals surface area (Å²) in [7, 11) is 0. The van der Waals surface area contributed by atoms with Crippen molar-refractivity contribution in [1.29, 1.82) is 0 Å². The molecule has 0 bridgehead atoms. The van der Waals surface area contributed by atoms with Gasteiger partial charge in [-0.3, -0.25) is 14.6 Å². The number of rotatable bonds is 4. The number of Topliss-reactive ketones (excluding diaryl/α,β-unsaturated/α-hetero) is 1. The van der Waals surface area contributed by atoms with Crippen LogP contribution in [0.2, 0.25) is 0 Å². The van der Waals surface area contributed by atoms with Crippen molar-refractivity contribution in [2.45, 2.75) is 52.1 Å². The zero-order valence-corrected chi connectivity index (χ0v) is 18.5. The second kappa shape index (κ2) is 7.89. The minimum atomic E-state index is 0. The first-order valence-corrected chi connectivity index (χ1v) is 10.1. The Morgan fingerprint density at radius 3 is 2.63 bits per heavy atom. The standard InChI is InChI=1S/C23H30N2O.Lr/c1-17-6-11-21(18(2)15-17)19-7-9-20(10-8-19)22(26)16-25-14-4-13-24-12-3-5-23(24)25;/h6-7,9,11,15,23H,3-5,8,10,12-14,16H2,1-2H3;. The maximum absolute atomic E-state index is 12.9. The van der Waals surface area contributed by atoms with Gasteiger partial charge >= 0.3 is 0 Å². The fraction of sp³-hybridized carbons (Fsp3) is 0.522. The van der Waals surface area contributed by atoms with Crippen LogP contribution < -0.4 is 0 Å². The molecule has 1 aromatic rings. The summed E-state index contributed by atoms with van der Waals surface area (Å²) in [6.45, 7) is 8.40. The molecule has 0 spiro atoms. The van der Waals surface area contributed by atoms with Crippen molar-refractivity contribution in [2.75, 3.05) is 26.2 Å². The molecule has 1 radical (unpaired) electrons. The first-order valence-electron chi connectivity index (χ1n) is 10.1. The summed E-state index contributed by atoms with van der Waals surface area (Å²) >= 11 is 0. The maximum atomic E-state index is 12.9. The Hall–Kier alpha value is -2.71. The molecule has 27 heavy (non-hydrogen) atoms. The van der Waals surface area contributed by atoms with Crippen molar-refractivity contribution in [2.24, 2.45) is 0 Å². The van der Waals surface area contributed by atoms with E-state index in [1.165, 1.54) is 54.6 Å². The number of benzene rings is 1. The van der Waals surface area contributed by atoms with E-state index in [9.17, 15) is 4.79 Å². The van der Waals surface area contributed by atoms with Gasteiger partial charge in [-0.2, -0.15) is 0 Å². The molecule has 0 N–H and O–H groups in total. The van der Waals surface area contributed by atoms with E-state index in [1.807, 2.05) is 0 Å². The van der Waals surface area contributed by atoms with Gasteiger partial charge in [0.2, 0.25) is 0 Å². The van der Waals surface area contributed by atoms with Gasteiger partial charge in [-0.25, -0.2) is 0 Å². The van der Waals surface area contributed by atoms with E-state index < -0.39 is 0 Å². The monoisotopic (exact) mass is 612 g/mol. The zero-order valence-electron chi connectivity index (χ0n) is 16.4. The van der Waals surface area contributed by atoms with E-state index >= 15 is 0 Å². The van der Waals surface area contributed by atoms with Crippen LogP contribution in [0, 0.1) is 13.8 Å². The number of aryl methyl sites for hydroxylation is 2. The fourth-order valence-corrected chi connectivity index (χ4v) is 4.85.